The zero-order valence-corrected chi connectivity index (χ0v) is 16.2. The van der Waals surface area contributed by atoms with Gasteiger partial charge < -0.3 is 9.64 Å². The average Bonchev–Trinajstić information content (AvgIpc) is 3.18. The van der Waals surface area contributed by atoms with Crippen LogP contribution in [0.4, 0.5) is 4.39 Å². The maximum Gasteiger partial charge on any atom is 0.223 e. The third kappa shape index (κ3) is 4.54. The number of rotatable bonds is 7. The van der Waals surface area contributed by atoms with E-state index in [0.29, 0.717) is 19.6 Å². The van der Waals surface area contributed by atoms with Gasteiger partial charge in [-0.1, -0.05) is 72.8 Å². The Morgan fingerprint density at radius 1 is 0.862 bits per heavy atom. The van der Waals surface area contributed by atoms with E-state index in [1.54, 1.807) is 12.1 Å². The van der Waals surface area contributed by atoms with Crippen LogP contribution < -0.4 is 0 Å². The molecule has 29 heavy (non-hydrogen) atoms. The fourth-order valence-electron chi connectivity index (χ4n) is 3.91. The normalized spacial score (nSPS) is 16.0. The lowest BCUT2D eigenvalue weighted by atomic mass is 9.94. The summed E-state index contributed by atoms with van der Waals surface area (Å²) < 4.78 is 20.0. The van der Waals surface area contributed by atoms with Crippen LogP contribution in [0.3, 0.4) is 0 Å². The zero-order chi connectivity index (χ0) is 20.1. The lowest BCUT2D eigenvalue weighted by molar-refractivity contribution is -0.134. The maximum absolute atomic E-state index is 13.6. The molecule has 1 saturated heterocycles. The van der Waals surface area contributed by atoms with Crippen LogP contribution in [0.2, 0.25) is 0 Å². The molecule has 0 radical (unpaired) electrons. The third-order valence-corrected chi connectivity index (χ3v) is 5.34. The van der Waals surface area contributed by atoms with Crippen LogP contribution in [0.15, 0.2) is 84.9 Å². The standard InChI is InChI=1S/C25H24FNO2/c26-22-15-13-21(14-16-22)25(29-18-19-8-3-1-4-9-19)24(20-10-5-2-6-11-20)27-17-7-12-23(27)28/h1-6,8-11,13-16,24-25H,7,12,17-18H2/t24-,25-/m1/s1. The summed E-state index contributed by atoms with van der Waals surface area (Å²) in [6.07, 6.45) is 0.995. The van der Waals surface area contributed by atoms with Crippen molar-refractivity contribution in [3.8, 4) is 0 Å². The predicted octanol–water partition coefficient (Wildman–Crippen LogP) is 5.45. The first-order chi connectivity index (χ1) is 14.2. The highest BCUT2D eigenvalue weighted by Crippen LogP contribution is 2.39. The van der Waals surface area contributed by atoms with Crippen molar-refractivity contribution in [1.29, 1.82) is 0 Å². The minimum atomic E-state index is -0.403. The third-order valence-electron chi connectivity index (χ3n) is 5.34. The van der Waals surface area contributed by atoms with Crippen molar-refractivity contribution in [3.05, 3.63) is 107 Å². The van der Waals surface area contributed by atoms with Crippen molar-refractivity contribution < 1.29 is 13.9 Å². The molecule has 0 saturated carbocycles. The number of amides is 1. The van der Waals surface area contributed by atoms with E-state index in [0.717, 1.165) is 23.1 Å². The van der Waals surface area contributed by atoms with E-state index in [4.69, 9.17) is 4.74 Å². The van der Waals surface area contributed by atoms with Gasteiger partial charge in [-0.3, -0.25) is 4.79 Å². The fourth-order valence-corrected chi connectivity index (χ4v) is 3.91. The van der Waals surface area contributed by atoms with Gasteiger partial charge in [-0.15, -0.1) is 0 Å². The minimum absolute atomic E-state index is 0.134. The molecular formula is C25H24FNO2. The summed E-state index contributed by atoms with van der Waals surface area (Å²) in [4.78, 5) is 14.6. The van der Waals surface area contributed by atoms with E-state index in [-0.39, 0.29) is 17.8 Å². The molecule has 1 heterocycles. The predicted molar refractivity (Wildman–Crippen MR) is 111 cm³/mol. The van der Waals surface area contributed by atoms with Gasteiger partial charge in [0, 0.05) is 13.0 Å². The second-order valence-electron chi connectivity index (χ2n) is 7.31. The number of likely N-dealkylation sites (tertiary alicyclic amines) is 1. The first kappa shape index (κ1) is 19.3. The van der Waals surface area contributed by atoms with E-state index in [1.165, 1.54) is 12.1 Å². The highest BCUT2D eigenvalue weighted by molar-refractivity contribution is 5.78. The largest absolute Gasteiger partial charge is 0.366 e. The molecule has 1 aliphatic rings. The quantitative estimate of drug-likeness (QED) is 0.538. The van der Waals surface area contributed by atoms with Gasteiger partial charge in [0.25, 0.3) is 0 Å². The number of halogens is 1. The van der Waals surface area contributed by atoms with Crippen molar-refractivity contribution in [3.63, 3.8) is 0 Å². The Bertz CT molecular complexity index is 928. The van der Waals surface area contributed by atoms with Crippen LogP contribution in [-0.2, 0) is 16.1 Å². The molecule has 0 bridgehead atoms. The van der Waals surface area contributed by atoms with Crippen LogP contribution in [0, 0.1) is 5.82 Å². The number of benzene rings is 3. The van der Waals surface area contributed by atoms with Crippen LogP contribution >= 0.6 is 0 Å². The number of carbonyl (C=O) groups is 1. The summed E-state index contributed by atoms with van der Waals surface area (Å²) >= 11 is 0. The highest BCUT2D eigenvalue weighted by Gasteiger charge is 2.36. The van der Waals surface area contributed by atoms with E-state index < -0.39 is 6.10 Å². The second kappa shape index (κ2) is 9.01. The number of carbonyl (C=O) groups excluding carboxylic acids is 1. The fraction of sp³-hybridized carbons (Fsp3) is 0.240. The number of hydrogen-bond acceptors (Lipinski definition) is 2. The van der Waals surface area contributed by atoms with Crippen molar-refractivity contribution in [2.24, 2.45) is 0 Å². The molecule has 0 unspecified atom stereocenters. The lowest BCUT2D eigenvalue weighted by Gasteiger charge is -2.35. The molecule has 1 aliphatic heterocycles. The molecule has 3 aromatic carbocycles. The number of nitrogens with zero attached hydrogens (tertiary/aromatic N) is 1. The van der Waals surface area contributed by atoms with Gasteiger partial charge in [0.1, 0.15) is 11.9 Å². The van der Waals surface area contributed by atoms with Crippen molar-refractivity contribution in [1.82, 2.24) is 4.90 Å². The molecule has 0 spiro atoms. The molecule has 2 atom stereocenters. The summed E-state index contributed by atoms with van der Waals surface area (Å²) in [7, 11) is 0. The van der Waals surface area contributed by atoms with Gasteiger partial charge in [-0.25, -0.2) is 4.39 Å². The van der Waals surface area contributed by atoms with Gasteiger partial charge in [-0.05, 0) is 35.2 Å². The Kier molecular flexibility index (Phi) is 6.01. The molecule has 3 nitrogen and oxygen atoms in total. The van der Waals surface area contributed by atoms with Crippen molar-refractivity contribution in [2.75, 3.05) is 6.54 Å². The molecule has 0 aromatic heterocycles. The highest BCUT2D eigenvalue weighted by atomic mass is 19.1. The van der Waals surface area contributed by atoms with Crippen LogP contribution in [-0.4, -0.2) is 17.4 Å². The number of ether oxygens (including phenoxy) is 1. The van der Waals surface area contributed by atoms with Gasteiger partial charge in [0.2, 0.25) is 5.91 Å². The van der Waals surface area contributed by atoms with Gasteiger partial charge in [-0.2, -0.15) is 0 Å². The zero-order valence-electron chi connectivity index (χ0n) is 16.2. The maximum atomic E-state index is 13.6. The SMILES string of the molecule is O=C1CCCN1[C@H](c1ccccc1)[C@H](OCc1ccccc1)c1ccc(F)cc1. The molecule has 4 rings (SSSR count). The van der Waals surface area contributed by atoms with Crippen LogP contribution in [0.1, 0.15) is 41.7 Å². The topological polar surface area (TPSA) is 29.5 Å². The summed E-state index contributed by atoms with van der Waals surface area (Å²) in [6, 6.07) is 26.0. The van der Waals surface area contributed by atoms with Gasteiger partial charge in [0.15, 0.2) is 0 Å². The second-order valence-corrected chi connectivity index (χ2v) is 7.31. The summed E-state index contributed by atoms with van der Waals surface area (Å²) in [5.41, 5.74) is 2.93. The van der Waals surface area contributed by atoms with Crippen molar-refractivity contribution in [2.45, 2.75) is 31.6 Å². The summed E-state index contributed by atoms with van der Waals surface area (Å²) in [6.45, 7) is 1.11. The Balaban J connectivity index is 1.72. The van der Waals surface area contributed by atoms with Gasteiger partial charge in [0.05, 0.1) is 12.6 Å². The molecule has 148 valence electrons. The Labute approximate surface area is 170 Å². The van der Waals surface area contributed by atoms with E-state index in [9.17, 15) is 9.18 Å². The van der Waals surface area contributed by atoms with Crippen molar-refractivity contribution >= 4 is 5.91 Å². The molecule has 3 aromatic rings. The van der Waals surface area contributed by atoms with Gasteiger partial charge >= 0.3 is 0 Å². The molecule has 4 heteroatoms. The number of hydrogen-bond donors (Lipinski definition) is 0. The first-order valence-corrected chi connectivity index (χ1v) is 9.98. The molecule has 1 fully saturated rings. The first-order valence-electron chi connectivity index (χ1n) is 9.98. The summed E-state index contributed by atoms with van der Waals surface area (Å²) in [5, 5.41) is 0. The summed E-state index contributed by atoms with van der Waals surface area (Å²) in [5.74, 6) is -0.154. The molecule has 1 amide bonds. The lowest BCUT2D eigenvalue weighted by Crippen LogP contribution is -2.35. The Morgan fingerprint density at radius 3 is 2.14 bits per heavy atom. The monoisotopic (exact) mass is 389 g/mol. The minimum Gasteiger partial charge on any atom is -0.366 e. The smallest absolute Gasteiger partial charge is 0.223 e. The van der Waals surface area contributed by atoms with Crippen LogP contribution in [0.25, 0.3) is 0 Å². The average molecular weight is 389 g/mol. The van der Waals surface area contributed by atoms with E-state index in [1.807, 2.05) is 65.6 Å². The Hall–Kier alpha value is -2.98. The molecule has 0 aliphatic carbocycles. The molecular weight excluding hydrogens is 365 g/mol. The Morgan fingerprint density at radius 2 is 1.52 bits per heavy atom. The van der Waals surface area contributed by atoms with Crippen LogP contribution in [0.5, 0.6) is 0 Å². The van der Waals surface area contributed by atoms with E-state index in [2.05, 4.69) is 0 Å². The van der Waals surface area contributed by atoms with E-state index >= 15 is 0 Å². The molecule has 0 N–H and O–H groups in total.